The molecular formula is C83H138O17P2. The highest BCUT2D eigenvalue weighted by atomic mass is 31.2. The molecule has 0 spiro atoms. The third-order valence-corrected chi connectivity index (χ3v) is 17.7. The van der Waals surface area contributed by atoms with Gasteiger partial charge in [-0.3, -0.25) is 37.3 Å². The first-order chi connectivity index (χ1) is 49.7. The van der Waals surface area contributed by atoms with Gasteiger partial charge in [-0.2, -0.15) is 0 Å². The van der Waals surface area contributed by atoms with Crippen LogP contribution < -0.4 is 0 Å². The topological polar surface area (TPSA) is 237 Å². The van der Waals surface area contributed by atoms with E-state index < -0.39 is 97.5 Å². The van der Waals surface area contributed by atoms with E-state index in [0.717, 1.165) is 122 Å². The Hall–Kier alpha value is -5.06. The van der Waals surface area contributed by atoms with Crippen LogP contribution in [0.15, 0.2) is 146 Å². The van der Waals surface area contributed by atoms with Crippen molar-refractivity contribution in [2.75, 3.05) is 39.6 Å². The lowest BCUT2D eigenvalue weighted by Gasteiger charge is -2.21. The lowest BCUT2D eigenvalue weighted by Crippen LogP contribution is -2.30. The number of phosphoric ester groups is 2. The van der Waals surface area contributed by atoms with E-state index >= 15 is 0 Å². The van der Waals surface area contributed by atoms with Crippen LogP contribution in [0.3, 0.4) is 0 Å². The Morgan fingerprint density at radius 1 is 0.294 bits per heavy atom. The van der Waals surface area contributed by atoms with E-state index in [1.54, 1.807) is 12.2 Å². The maximum Gasteiger partial charge on any atom is 0.472 e. The van der Waals surface area contributed by atoms with Gasteiger partial charge >= 0.3 is 39.5 Å². The summed E-state index contributed by atoms with van der Waals surface area (Å²) in [5.41, 5.74) is 0. The minimum Gasteiger partial charge on any atom is -0.462 e. The van der Waals surface area contributed by atoms with Gasteiger partial charge in [0.25, 0.3) is 0 Å². The van der Waals surface area contributed by atoms with E-state index in [2.05, 4.69) is 131 Å². The van der Waals surface area contributed by atoms with Crippen molar-refractivity contribution in [2.24, 2.45) is 0 Å². The van der Waals surface area contributed by atoms with Crippen molar-refractivity contribution in [1.82, 2.24) is 0 Å². The smallest absolute Gasteiger partial charge is 0.462 e. The second kappa shape index (κ2) is 74.2. The minimum absolute atomic E-state index is 0.0124. The average molecular weight is 1470 g/mol. The number of carbonyl (C=O) groups excluding carboxylic acids is 4. The second-order valence-electron chi connectivity index (χ2n) is 25.6. The molecule has 0 aromatic heterocycles. The summed E-state index contributed by atoms with van der Waals surface area (Å²) in [5.74, 6) is -2.43. The van der Waals surface area contributed by atoms with Gasteiger partial charge in [-0.05, 0) is 116 Å². The van der Waals surface area contributed by atoms with E-state index in [9.17, 15) is 43.2 Å². The zero-order chi connectivity index (χ0) is 74.6. The SMILES string of the molecule is CC/C=C\C/C=C\C/C=C\C/C=C\C/C=C\C/C=C\CCC(=O)OCC(COP(=O)(O)OCC(O)COP(=O)(O)OCC(COC(=O)CCCCCCC/C=C\CCCCCCCC)OC(=O)CCCCCCCCCCCCCCC)OC(=O)C/C=C\C/C=C\C/C=C\C/C=C\C/C=C\CC. The summed E-state index contributed by atoms with van der Waals surface area (Å²) in [6, 6.07) is 0. The zero-order valence-electron chi connectivity index (χ0n) is 63.5. The van der Waals surface area contributed by atoms with Gasteiger partial charge in [-0.25, -0.2) is 9.13 Å². The minimum atomic E-state index is -5.02. The molecule has 0 rings (SSSR count). The lowest BCUT2D eigenvalue weighted by molar-refractivity contribution is -0.161. The first-order valence-corrected chi connectivity index (χ1v) is 42.1. The third-order valence-electron chi connectivity index (χ3n) is 15.8. The van der Waals surface area contributed by atoms with E-state index in [-0.39, 0.29) is 25.7 Å². The summed E-state index contributed by atoms with van der Waals surface area (Å²) < 4.78 is 68.3. The van der Waals surface area contributed by atoms with E-state index in [4.69, 9.17) is 37.0 Å². The van der Waals surface area contributed by atoms with Crippen molar-refractivity contribution in [1.29, 1.82) is 0 Å². The maximum absolute atomic E-state index is 13.1. The number of aliphatic hydroxyl groups excluding tert-OH is 1. The summed E-state index contributed by atoms with van der Waals surface area (Å²) >= 11 is 0. The van der Waals surface area contributed by atoms with Crippen LogP contribution in [0.4, 0.5) is 0 Å². The molecule has 19 heteroatoms. The van der Waals surface area contributed by atoms with E-state index in [0.29, 0.717) is 32.1 Å². The standard InChI is InChI=1S/C83H138O17P2/c1-5-9-13-17-21-25-29-33-36-37-38-39-42-45-48-52-56-60-64-68-81(86)94-74-79(100-83(88)70-66-62-58-54-50-46-41-35-31-27-23-19-15-11-7-3)76-98-102(91,92)96-72-77(84)71-95-101(89,90)97-75-78(99-82(87)69-65-61-57-53-49-43-32-28-24-20-16-12-8-4)73-93-80(85)67-63-59-55-51-47-44-40-34-30-26-22-18-14-10-6-2/h9,11,13,15,21,23,25,27,33-36,38-41,45,48,50,54,56,60,62,66,77-79,84H,5-8,10,12,14,16-20,22,24,26,28-32,37,42-44,46-47,49,51-53,55,57-59,61,63-65,67-76H2,1-4H3,(H,89,90)(H,91,92)/b13-9-,15-11-,25-21-,27-23-,36-33-,39-38-,40-34-,41-35-,48-45-,54-50-,60-56-,66-62-. The molecule has 0 aliphatic rings. The molecule has 0 bridgehead atoms. The number of hydrogen-bond donors (Lipinski definition) is 3. The number of allylic oxidation sites excluding steroid dienone is 23. The molecule has 102 heavy (non-hydrogen) atoms. The predicted octanol–water partition coefficient (Wildman–Crippen LogP) is 22.7. The lowest BCUT2D eigenvalue weighted by atomic mass is 10.0. The van der Waals surface area contributed by atoms with E-state index in [1.807, 2.05) is 30.4 Å². The van der Waals surface area contributed by atoms with Crippen molar-refractivity contribution in [2.45, 2.75) is 316 Å². The first kappa shape index (κ1) is 96.9. The van der Waals surface area contributed by atoms with Crippen LogP contribution in [0, 0.1) is 0 Å². The molecule has 582 valence electrons. The van der Waals surface area contributed by atoms with Gasteiger partial charge in [-0.1, -0.05) is 302 Å². The summed E-state index contributed by atoms with van der Waals surface area (Å²) in [5, 5.41) is 10.6. The second-order valence-corrected chi connectivity index (χ2v) is 28.5. The van der Waals surface area contributed by atoms with Crippen molar-refractivity contribution in [3.63, 3.8) is 0 Å². The van der Waals surface area contributed by atoms with Crippen LogP contribution in [-0.4, -0.2) is 96.7 Å². The molecule has 0 radical (unpaired) electrons. The van der Waals surface area contributed by atoms with Crippen LogP contribution in [0.2, 0.25) is 0 Å². The van der Waals surface area contributed by atoms with Crippen molar-refractivity contribution >= 4 is 39.5 Å². The molecule has 17 nitrogen and oxygen atoms in total. The Kier molecular flexibility index (Phi) is 70.5. The molecule has 0 amide bonds. The average Bonchev–Trinajstić information content (AvgIpc) is 0.924. The highest BCUT2D eigenvalue weighted by Crippen LogP contribution is 2.45. The Bertz CT molecular complexity index is 2510. The number of unbranched alkanes of at least 4 members (excludes halogenated alkanes) is 23. The Morgan fingerprint density at radius 3 is 0.931 bits per heavy atom. The Balaban J connectivity index is 5.48. The molecule has 0 fully saturated rings. The van der Waals surface area contributed by atoms with Gasteiger partial charge < -0.3 is 33.8 Å². The summed E-state index contributed by atoms with van der Waals surface area (Å²) in [4.78, 5) is 72.8. The van der Waals surface area contributed by atoms with Crippen LogP contribution in [0.25, 0.3) is 0 Å². The number of ether oxygens (including phenoxy) is 4. The van der Waals surface area contributed by atoms with Gasteiger partial charge in [0.1, 0.15) is 19.3 Å². The highest BCUT2D eigenvalue weighted by molar-refractivity contribution is 7.47. The van der Waals surface area contributed by atoms with Crippen LogP contribution >= 0.6 is 15.6 Å². The third kappa shape index (κ3) is 73.3. The summed E-state index contributed by atoms with van der Waals surface area (Å²) in [6.07, 6.45) is 84.5. The number of aliphatic hydroxyl groups is 1. The van der Waals surface area contributed by atoms with Crippen molar-refractivity contribution < 1.29 is 80.2 Å². The number of hydrogen-bond acceptors (Lipinski definition) is 15. The molecule has 0 aliphatic carbocycles. The summed E-state index contributed by atoms with van der Waals surface area (Å²) in [6.45, 7) is 4.43. The Morgan fingerprint density at radius 2 is 0.569 bits per heavy atom. The molecule has 3 N–H and O–H groups in total. The maximum atomic E-state index is 13.1. The summed E-state index contributed by atoms with van der Waals surface area (Å²) in [7, 11) is -10.0. The number of carbonyl (C=O) groups is 4. The molecule has 0 aromatic rings. The fraction of sp³-hybridized carbons (Fsp3) is 0.663. The van der Waals surface area contributed by atoms with E-state index in [1.165, 1.54) is 89.9 Å². The van der Waals surface area contributed by atoms with Gasteiger partial charge in [0.2, 0.25) is 0 Å². The molecule has 0 saturated carbocycles. The number of phosphoric acid groups is 2. The number of esters is 4. The fourth-order valence-corrected chi connectivity index (χ4v) is 11.5. The van der Waals surface area contributed by atoms with Crippen molar-refractivity contribution in [3.8, 4) is 0 Å². The first-order valence-electron chi connectivity index (χ1n) is 39.1. The van der Waals surface area contributed by atoms with Crippen LogP contribution in [0.5, 0.6) is 0 Å². The normalized spacial score (nSPS) is 14.7. The van der Waals surface area contributed by atoms with Crippen molar-refractivity contribution in [3.05, 3.63) is 146 Å². The van der Waals surface area contributed by atoms with Gasteiger partial charge in [-0.15, -0.1) is 0 Å². The monoisotopic (exact) mass is 1470 g/mol. The van der Waals surface area contributed by atoms with Crippen LogP contribution in [0.1, 0.15) is 297 Å². The largest absolute Gasteiger partial charge is 0.472 e. The zero-order valence-corrected chi connectivity index (χ0v) is 65.3. The van der Waals surface area contributed by atoms with Gasteiger partial charge in [0, 0.05) is 19.3 Å². The van der Waals surface area contributed by atoms with Gasteiger partial charge in [0.15, 0.2) is 12.2 Å². The molecule has 0 saturated heterocycles. The predicted molar refractivity (Wildman–Crippen MR) is 417 cm³/mol. The van der Waals surface area contributed by atoms with Crippen LogP contribution in [-0.2, 0) is 65.4 Å². The highest BCUT2D eigenvalue weighted by Gasteiger charge is 2.30. The molecule has 5 atom stereocenters. The van der Waals surface area contributed by atoms with Gasteiger partial charge in [0.05, 0.1) is 32.8 Å². The Labute approximate surface area is 617 Å². The molecular weight excluding hydrogens is 1330 g/mol. The fourth-order valence-electron chi connectivity index (χ4n) is 9.96. The molecule has 0 heterocycles. The molecule has 5 unspecified atom stereocenters. The molecule has 0 aromatic carbocycles. The quantitative estimate of drug-likeness (QED) is 0.0169. The molecule has 0 aliphatic heterocycles. The number of rotatable bonds is 72.